The van der Waals surface area contributed by atoms with E-state index >= 15 is 0 Å². The van der Waals surface area contributed by atoms with E-state index in [1.54, 1.807) is 0 Å². The van der Waals surface area contributed by atoms with E-state index in [2.05, 4.69) is 56.0 Å². The molecule has 0 fully saturated rings. The number of rotatable bonds is 0. The van der Waals surface area contributed by atoms with Gasteiger partial charge in [0, 0.05) is 0 Å². The predicted molar refractivity (Wildman–Crippen MR) is 81.6 cm³/mol. The number of hydrogen-bond acceptors (Lipinski definition) is 4. The first kappa shape index (κ1) is 10.6. The third kappa shape index (κ3) is 2.56. The Labute approximate surface area is 115 Å². The summed E-state index contributed by atoms with van der Waals surface area (Å²) in [6, 6.07) is 0. The van der Waals surface area contributed by atoms with E-state index in [0.29, 0.717) is 0 Å². The van der Waals surface area contributed by atoms with Crippen molar-refractivity contribution in [3.05, 3.63) is 25.1 Å². The van der Waals surface area contributed by atoms with Crippen LogP contribution in [0.25, 0.3) is 0 Å². The van der Waals surface area contributed by atoms with E-state index in [0.717, 1.165) is 0 Å². The zero-order chi connectivity index (χ0) is 8.55. The Morgan fingerprint density at radius 1 is 0.833 bits per heavy atom. The van der Waals surface area contributed by atoms with Crippen LogP contribution in [0.15, 0.2) is 25.1 Å². The molecule has 2 rings (SSSR count). The van der Waals surface area contributed by atoms with Gasteiger partial charge in [-0.15, -0.1) is 0 Å². The van der Waals surface area contributed by atoms with E-state index < -0.39 is 0 Å². The van der Waals surface area contributed by atoms with Crippen LogP contribution in [0.3, 0.4) is 0 Å². The molecule has 0 bridgehead atoms. The van der Waals surface area contributed by atoms with Gasteiger partial charge in [-0.2, -0.15) is 0 Å². The van der Waals surface area contributed by atoms with Crippen molar-refractivity contribution in [2.45, 2.75) is 0 Å². The van der Waals surface area contributed by atoms with Crippen LogP contribution < -0.4 is 0 Å². The maximum Gasteiger partial charge on any atom is 0.0705 e. The van der Waals surface area contributed by atoms with Crippen LogP contribution in [0.5, 0.6) is 0 Å². The third-order valence-electron chi connectivity index (χ3n) is 1.06. The van der Waals surface area contributed by atoms with Gasteiger partial charge in [0.05, 0.1) is 14.3 Å². The molecule has 64 valence electrons. The summed E-state index contributed by atoms with van der Waals surface area (Å²) < 4.78 is 5.64. The van der Waals surface area contributed by atoms with E-state index in [4.69, 9.17) is 0 Å². The van der Waals surface area contributed by atoms with Crippen molar-refractivity contribution < 1.29 is 0 Å². The second-order valence-electron chi connectivity index (χ2n) is 1.86. The standard InChI is InChI=1S/C6H2I2S4/c7-3-1-9-5(11-3)6-10-2-4(8)12-6/h1-2H/b6-5+. The fraction of sp³-hybridized carbons (Fsp3) is 0. The van der Waals surface area contributed by atoms with Gasteiger partial charge >= 0.3 is 0 Å². The minimum absolute atomic E-state index is 1.38. The molecule has 0 aliphatic carbocycles. The van der Waals surface area contributed by atoms with Crippen molar-refractivity contribution in [3.63, 3.8) is 0 Å². The minimum Gasteiger partial charge on any atom is -0.0873 e. The van der Waals surface area contributed by atoms with Gasteiger partial charge < -0.3 is 0 Å². The molecular weight excluding hydrogens is 454 g/mol. The number of thioether (sulfide) groups is 4. The Balaban J connectivity index is 2.11. The lowest BCUT2D eigenvalue weighted by molar-refractivity contribution is 2.38. The van der Waals surface area contributed by atoms with E-state index in [1.807, 2.05) is 47.0 Å². The molecule has 0 radical (unpaired) electrons. The maximum atomic E-state index is 2.37. The van der Waals surface area contributed by atoms with Gasteiger partial charge in [0.15, 0.2) is 0 Å². The van der Waals surface area contributed by atoms with Gasteiger partial charge in [0.2, 0.25) is 0 Å². The summed E-state index contributed by atoms with van der Waals surface area (Å²) in [5, 5.41) is 4.42. The Hall–Kier alpha value is 2.08. The Bertz CT molecular complexity index is 275. The van der Waals surface area contributed by atoms with Crippen LogP contribution in [0.4, 0.5) is 0 Å². The molecule has 0 N–H and O–H groups in total. The fourth-order valence-corrected chi connectivity index (χ4v) is 7.71. The molecule has 6 heteroatoms. The lowest BCUT2D eigenvalue weighted by atomic mass is 11.2. The summed E-state index contributed by atoms with van der Waals surface area (Å²) in [7, 11) is 0. The molecule has 0 aromatic rings. The van der Waals surface area contributed by atoms with Crippen LogP contribution in [0.1, 0.15) is 0 Å². The first-order valence-electron chi connectivity index (χ1n) is 2.90. The molecule has 0 spiro atoms. The van der Waals surface area contributed by atoms with Crippen molar-refractivity contribution >= 4 is 92.2 Å². The molecule has 0 saturated heterocycles. The highest BCUT2D eigenvalue weighted by molar-refractivity contribution is 14.1. The van der Waals surface area contributed by atoms with Crippen LogP contribution in [-0.4, -0.2) is 0 Å². The van der Waals surface area contributed by atoms with Gasteiger partial charge in [-0.3, -0.25) is 0 Å². The molecule has 12 heavy (non-hydrogen) atoms. The van der Waals surface area contributed by atoms with Crippen LogP contribution >= 0.6 is 92.2 Å². The summed E-state index contributed by atoms with van der Waals surface area (Å²) in [5.41, 5.74) is 0. The predicted octanol–water partition coefficient (Wildman–Crippen LogP) is 5.54. The molecule has 0 amide bonds. The van der Waals surface area contributed by atoms with Gasteiger partial charge in [-0.05, 0) is 56.0 Å². The summed E-state index contributed by atoms with van der Waals surface area (Å²) in [6.07, 6.45) is 0. The SMILES string of the molecule is IC1=CS/C(=C2/SC=C(I)S2)S1. The molecule has 2 heterocycles. The van der Waals surface area contributed by atoms with E-state index in [1.165, 1.54) is 14.3 Å². The number of hydrogen-bond donors (Lipinski definition) is 0. The summed E-state index contributed by atoms with van der Waals surface area (Å²) in [6.45, 7) is 0. The fourth-order valence-electron chi connectivity index (χ4n) is 0.653. The molecule has 0 atom stereocenters. The van der Waals surface area contributed by atoms with E-state index in [-0.39, 0.29) is 0 Å². The number of halogens is 2. The largest absolute Gasteiger partial charge is 0.0873 e. The van der Waals surface area contributed by atoms with Gasteiger partial charge in [-0.25, -0.2) is 0 Å². The zero-order valence-electron chi connectivity index (χ0n) is 5.54. The maximum absolute atomic E-state index is 2.37. The molecule has 2 aliphatic rings. The Kier molecular flexibility index (Phi) is 4.18. The highest BCUT2D eigenvalue weighted by atomic mass is 127. The van der Waals surface area contributed by atoms with Crippen molar-refractivity contribution in [1.29, 1.82) is 0 Å². The summed E-state index contributed by atoms with van der Waals surface area (Å²) >= 11 is 12.2. The molecule has 0 unspecified atom stereocenters. The minimum atomic E-state index is 1.38. The van der Waals surface area contributed by atoms with Crippen molar-refractivity contribution in [1.82, 2.24) is 0 Å². The summed E-state index contributed by atoms with van der Waals surface area (Å²) in [4.78, 5) is 0. The average molecular weight is 456 g/mol. The van der Waals surface area contributed by atoms with Crippen LogP contribution in [-0.2, 0) is 0 Å². The van der Waals surface area contributed by atoms with Crippen LogP contribution in [0, 0.1) is 0 Å². The topological polar surface area (TPSA) is 0 Å². The lowest BCUT2D eigenvalue weighted by Crippen LogP contribution is -1.64. The molecular formula is C6H2I2S4. The quantitative estimate of drug-likeness (QED) is 0.439. The molecule has 0 nitrogen and oxygen atoms in total. The normalized spacial score (nSPS) is 29.2. The van der Waals surface area contributed by atoms with Gasteiger partial charge in [-0.1, -0.05) is 47.0 Å². The second-order valence-corrected chi connectivity index (χ2v) is 10.0. The van der Waals surface area contributed by atoms with Crippen molar-refractivity contribution in [2.24, 2.45) is 0 Å². The Morgan fingerprint density at radius 3 is 1.50 bits per heavy atom. The summed E-state index contributed by atoms with van der Waals surface area (Å²) in [5.74, 6) is 0. The average Bonchev–Trinajstić information content (AvgIpc) is 2.58. The Morgan fingerprint density at radius 2 is 1.25 bits per heavy atom. The zero-order valence-corrected chi connectivity index (χ0v) is 13.1. The smallest absolute Gasteiger partial charge is 0.0705 e. The monoisotopic (exact) mass is 456 g/mol. The lowest BCUT2D eigenvalue weighted by Gasteiger charge is -1.98. The molecule has 0 saturated carbocycles. The second kappa shape index (κ2) is 4.73. The van der Waals surface area contributed by atoms with Gasteiger partial charge in [0.1, 0.15) is 0 Å². The first-order chi connectivity index (χ1) is 5.75. The van der Waals surface area contributed by atoms with Crippen molar-refractivity contribution in [2.75, 3.05) is 0 Å². The van der Waals surface area contributed by atoms with Crippen LogP contribution in [0.2, 0.25) is 0 Å². The van der Waals surface area contributed by atoms with Gasteiger partial charge in [0.25, 0.3) is 0 Å². The highest BCUT2D eigenvalue weighted by Crippen LogP contribution is 2.57. The third-order valence-corrected chi connectivity index (χ3v) is 8.69. The van der Waals surface area contributed by atoms with Crippen molar-refractivity contribution in [3.8, 4) is 0 Å². The molecule has 2 aliphatic heterocycles. The van der Waals surface area contributed by atoms with E-state index in [9.17, 15) is 0 Å². The molecule has 0 aromatic carbocycles. The molecule has 0 aromatic heterocycles. The highest BCUT2D eigenvalue weighted by Gasteiger charge is 2.19. The first-order valence-corrected chi connectivity index (χ1v) is 8.45.